The molecule has 32 heavy (non-hydrogen) atoms. The summed E-state index contributed by atoms with van der Waals surface area (Å²) in [6, 6.07) is 8.10. The van der Waals surface area contributed by atoms with Crippen LogP contribution in [0.1, 0.15) is 51.9 Å². The van der Waals surface area contributed by atoms with Gasteiger partial charge in [-0.25, -0.2) is 9.78 Å². The minimum absolute atomic E-state index is 0. The maximum Gasteiger partial charge on any atom is 0.350 e. The fraction of sp³-hybridized carbons (Fsp3) is 0.500. The van der Waals surface area contributed by atoms with E-state index in [1.54, 1.807) is 21.1 Å². The second-order valence-corrected chi connectivity index (χ2v) is 8.29. The Morgan fingerprint density at radius 2 is 1.94 bits per heavy atom. The van der Waals surface area contributed by atoms with Crippen molar-refractivity contribution in [1.82, 2.24) is 20.5 Å². The molecule has 1 aromatic carbocycles. The molecule has 2 atom stereocenters. The molecule has 0 aliphatic rings. The van der Waals surface area contributed by atoms with Crippen molar-refractivity contribution in [2.45, 2.75) is 32.9 Å². The van der Waals surface area contributed by atoms with Crippen LogP contribution in [-0.4, -0.2) is 63.2 Å². The summed E-state index contributed by atoms with van der Waals surface area (Å²) in [4.78, 5) is 23.7. The molecule has 0 saturated carbocycles. The number of ether oxygens (including phenoxy) is 2. The van der Waals surface area contributed by atoms with E-state index in [4.69, 9.17) is 9.47 Å². The summed E-state index contributed by atoms with van der Waals surface area (Å²) in [6.45, 7) is 6.62. The van der Waals surface area contributed by atoms with Gasteiger partial charge in [0.15, 0.2) is 5.96 Å². The van der Waals surface area contributed by atoms with Crippen LogP contribution >= 0.6 is 35.3 Å². The molecule has 0 radical (unpaired) electrons. The number of methoxy groups -OCH3 is 1. The number of carbonyl (C=O) groups is 1. The fourth-order valence-corrected chi connectivity index (χ4v) is 4.03. The molecular formula is C22H34IN5O3S. The number of esters is 1. The van der Waals surface area contributed by atoms with Crippen LogP contribution in [0.15, 0.2) is 29.3 Å². The third kappa shape index (κ3) is 7.59. The maximum atomic E-state index is 12.1. The predicted molar refractivity (Wildman–Crippen MR) is 141 cm³/mol. The zero-order valence-corrected chi connectivity index (χ0v) is 22.9. The van der Waals surface area contributed by atoms with Crippen LogP contribution in [-0.2, 0) is 4.74 Å². The van der Waals surface area contributed by atoms with E-state index in [0.717, 1.165) is 10.8 Å². The fourth-order valence-electron chi connectivity index (χ4n) is 3.07. The van der Waals surface area contributed by atoms with Crippen LogP contribution in [0, 0.1) is 6.92 Å². The number of nitrogens with zero attached hydrogens (tertiary/aromatic N) is 3. The molecule has 1 heterocycles. The number of aliphatic imine (C=N–C) groups is 1. The Morgan fingerprint density at radius 1 is 1.28 bits per heavy atom. The standard InChI is InChI=1S/C22H33N5O3S.HI/c1-8-30-21(28)19-14(2)25-20(31-19)15(3)26-22(23-4)24-13-18(27(5)6)16-9-11-17(29-7)12-10-16;/h9-12,15,18H,8,13H2,1-7H3,(H2,23,24,26);1H. The molecule has 178 valence electrons. The second kappa shape index (κ2) is 13.6. The first-order valence-electron chi connectivity index (χ1n) is 10.2. The Labute approximate surface area is 211 Å². The highest BCUT2D eigenvalue weighted by Gasteiger charge is 2.21. The van der Waals surface area contributed by atoms with Crippen LogP contribution in [0.25, 0.3) is 0 Å². The van der Waals surface area contributed by atoms with Gasteiger partial charge >= 0.3 is 5.97 Å². The van der Waals surface area contributed by atoms with Crippen molar-refractivity contribution in [3.05, 3.63) is 45.4 Å². The van der Waals surface area contributed by atoms with Crippen molar-refractivity contribution in [3.63, 3.8) is 0 Å². The van der Waals surface area contributed by atoms with Crippen LogP contribution in [0.2, 0.25) is 0 Å². The van der Waals surface area contributed by atoms with E-state index in [1.807, 2.05) is 40.1 Å². The van der Waals surface area contributed by atoms with Gasteiger partial charge in [0.2, 0.25) is 0 Å². The topological polar surface area (TPSA) is 88.1 Å². The summed E-state index contributed by atoms with van der Waals surface area (Å²) in [5.74, 6) is 1.17. The average Bonchev–Trinajstić information content (AvgIpc) is 3.15. The Morgan fingerprint density at radius 3 is 2.47 bits per heavy atom. The van der Waals surface area contributed by atoms with E-state index in [0.29, 0.717) is 29.7 Å². The summed E-state index contributed by atoms with van der Waals surface area (Å²) in [5.41, 5.74) is 1.86. The number of nitrogens with one attached hydrogen (secondary N) is 2. The molecule has 1 aromatic heterocycles. The van der Waals surface area contributed by atoms with Gasteiger partial charge in [0.05, 0.1) is 31.5 Å². The number of likely N-dealkylation sites (N-methyl/N-ethyl adjacent to an activating group) is 1. The normalized spacial score (nSPS) is 13.2. The number of guanidine groups is 1. The number of aryl methyl sites for hydroxylation is 1. The number of carbonyl (C=O) groups excluding carboxylic acids is 1. The van der Waals surface area contributed by atoms with Crippen LogP contribution in [0.4, 0.5) is 0 Å². The number of thiazole rings is 1. The lowest BCUT2D eigenvalue weighted by atomic mass is 10.1. The largest absolute Gasteiger partial charge is 0.497 e. The molecule has 0 fully saturated rings. The van der Waals surface area contributed by atoms with Gasteiger partial charge in [0.25, 0.3) is 0 Å². The van der Waals surface area contributed by atoms with E-state index in [1.165, 1.54) is 16.9 Å². The molecule has 10 heteroatoms. The Bertz CT molecular complexity index is 886. The third-order valence-corrected chi connectivity index (χ3v) is 6.13. The van der Waals surface area contributed by atoms with Crippen LogP contribution in [0.5, 0.6) is 5.75 Å². The van der Waals surface area contributed by atoms with Crippen LogP contribution in [0.3, 0.4) is 0 Å². The first-order chi connectivity index (χ1) is 14.8. The molecule has 0 aliphatic carbocycles. The van der Waals surface area contributed by atoms with Crippen molar-refractivity contribution < 1.29 is 14.3 Å². The van der Waals surface area contributed by atoms with Crippen molar-refractivity contribution in [2.24, 2.45) is 4.99 Å². The van der Waals surface area contributed by atoms with Gasteiger partial charge in [0.1, 0.15) is 15.6 Å². The van der Waals surface area contributed by atoms with Gasteiger partial charge in [0, 0.05) is 13.6 Å². The lowest BCUT2D eigenvalue weighted by Crippen LogP contribution is -2.42. The summed E-state index contributed by atoms with van der Waals surface area (Å²) < 4.78 is 10.4. The highest BCUT2D eigenvalue weighted by atomic mass is 127. The summed E-state index contributed by atoms with van der Waals surface area (Å²) in [5, 5.41) is 7.56. The lowest BCUT2D eigenvalue weighted by Gasteiger charge is -2.26. The van der Waals surface area contributed by atoms with Crippen LogP contribution < -0.4 is 15.4 Å². The van der Waals surface area contributed by atoms with E-state index in [2.05, 4.69) is 37.6 Å². The zero-order valence-electron chi connectivity index (χ0n) is 19.8. The molecular weight excluding hydrogens is 541 g/mol. The summed E-state index contributed by atoms with van der Waals surface area (Å²) in [7, 11) is 7.49. The molecule has 2 rings (SSSR count). The minimum Gasteiger partial charge on any atom is -0.497 e. The number of aromatic nitrogens is 1. The van der Waals surface area contributed by atoms with Crippen molar-refractivity contribution >= 4 is 47.2 Å². The van der Waals surface area contributed by atoms with Gasteiger partial charge in [-0.1, -0.05) is 12.1 Å². The van der Waals surface area contributed by atoms with Crippen molar-refractivity contribution in [1.29, 1.82) is 0 Å². The lowest BCUT2D eigenvalue weighted by molar-refractivity contribution is 0.0531. The van der Waals surface area contributed by atoms with E-state index < -0.39 is 0 Å². The number of rotatable bonds is 9. The van der Waals surface area contributed by atoms with Crippen molar-refractivity contribution in [3.8, 4) is 5.75 Å². The Balaban J connectivity index is 0.00000512. The monoisotopic (exact) mass is 575 g/mol. The molecule has 0 aliphatic heterocycles. The van der Waals surface area contributed by atoms with Gasteiger partial charge < -0.3 is 25.0 Å². The summed E-state index contributed by atoms with van der Waals surface area (Å²) >= 11 is 1.35. The number of halogens is 1. The molecule has 0 bridgehead atoms. The molecule has 2 aromatic rings. The zero-order chi connectivity index (χ0) is 23.0. The van der Waals surface area contributed by atoms with Gasteiger partial charge in [-0.2, -0.15) is 0 Å². The molecule has 0 amide bonds. The number of hydrogen-bond acceptors (Lipinski definition) is 7. The number of benzene rings is 1. The van der Waals surface area contributed by atoms with Crippen molar-refractivity contribution in [2.75, 3.05) is 41.4 Å². The minimum atomic E-state index is -0.327. The second-order valence-electron chi connectivity index (χ2n) is 7.26. The highest BCUT2D eigenvalue weighted by molar-refractivity contribution is 14.0. The van der Waals surface area contributed by atoms with E-state index in [-0.39, 0.29) is 42.0 Å². The summed E-state index contributed by atoms with van der Waals surface area (Å²) in [6.07, 6.45) is 0. The average molecular weight is 576 g/mol. The first-order valence-corrected chi connectivity index (χ1v) is 11.0. The maximum absolute atomic E-state index is 12.1. The quantitative estimate of drug-likeness (QED) is 0.204. The van der Waals surface area contributed by atoms with E-state index in [9.17, 15) is 4.79 Å². The Hall–Kier alpha value is -1.92. The first kappa shape index (κ1) is 28.1. The smallest absolute Gasteiger partial charge is 0.350 e. The Kier molecular flexibility index (Phi) is 11.9. The third-order valence-electron chi connectivity index (χ3n) is 4.81. The van der Waals surface area contributed by atoms with Gasteiger partial charge in [-0.3, -0.25) is 4.99 Å². The van der Waals surface area contributed by atoms with E-state index >= 15 is 0 Å². The SMILES string of the molecule is CCOC(=O)c1sc(C(C)NC(=NC)NCC(c2ccc(OC)cc2)N(C)C)nc1C.I. The highest BCUT2D eigenvalue weighted by Crippen LogP contribution is 2.24. The van der Waals surface area contributed by atoms with Gasteiger partial charge in [-0.05, 0) is 52.6 Å². The molecule has 2 N–H and O–H groups in total. The predicted octanol–water partition coefficient (Wildman–Crippen LogP) is 3.78. The molecule has 0 saturated heterocycles. The molecule has 0 spiro atoms. The molecule has 2 unspecified atom stereocenters. The molecule has 8 nitrogen and oxygen atoms in total. The number of hydrogen-bond donors (Lipinski definition) is 2. The van der Waals surface area contributed by atoms with Gasteiger partial charge in [-0.15, -0.1) is 35.3 Å².